The SMILES string of the molecule is CCCN1C(=O)C(=O)/C(=C(/O)c2cc(C)cc(Cl)c2OC)C1c1cccc(OCCCO)c1. The van der Waals surface area contributed by atoms with Gasteiger partial charge in [-0.25, -0.2) is 0 Å². The Morgan fingerprint density at radius 3 is 2.64 bits per heavy atom. The van der Waals surface area contributed by atoms with Crippen LogP contribution in [0.4, 0.5) is 0 Å². The smallest absolute Gasteiger partial charge is 0.295 e. The zero-order valence-electron chi connectivity index (χ0n) is 18.9. The van der Waals surface area contributed by atoms with E-state index >= 15 is 0 Å². The molecule has 0 saturated carbocycles. The lowest BCUT2D eigenvalue weighted by Gasteiger charge is -2.25. The molecular formula is C25H28ClNO6. The van der Waals surface area contributed by atoms with Crippen LogP contribution in [0.15, 0.2) is 42.0 Å². The first-order valence-electron chi connectivity index (χ1n) is 10.8. The fourth-order valence-electron chi connectivity index (χ4n) is 3.98. The number of Topliss-reactive ketones (excluding diaryl/α,β-unsaturated/α-hetero) is 1. The molecule has 8 heteroatoms. The number of benzene rings is 2. The number of aliphatic hydroxyl groups excluding tert-OH is 2. The van der Waals surface area contributed by atoms with Gasteiger partial charge in [0.2, 0.25) is 0 Å². The molecule has 1 aliphatic heterocycles. The molecule has 3 rings (SSSR count). The Balaban J connectivity index is 2.18. The quantitative estimate of drug-likeness (QED) is 0.244. The largest absolute Gasteiger partial charge is 0.507 e. The van der Waals surface area contributed by atoms with E-state index in [-0.39, 0.29) is 34.3 Å². The highest BCUT2D eigenvalue weighted by Gasteiger charge is 2.46. The molecule has 33 heavy (non-hydrogen) atoms. The maximum absolute atomic E-state index is 13.1. The lowest BCUT2D eigenvalue weighted by atomic mass is 9.94. The van der Waals surface area contributed by atoms with Crippen LogP contribution in [0.2, 0.25) is 5.02 Å². The van der Waals surface area contributed by atoms with Gasteiger partial charge in [0.05, 0.1) is 35.9 Å². The van der Waals surface area contributed by atoms with E-state index in [1.165, 1.54) is 12.0 Å². The first kappa shape index (κ1) is 24.6. The van der Waals surface area contributed by atoms with E-state index in [9.17, 15) is 14.7 Å². The van der Waals surface area contributed by atoms with Crippen molar-refractivity contribution in [3.05, 3.63) is 63.7 Å². The average Bonchev–Trinajstić information content (AvgIpc) is 3.04. The van der Waals surface area contributed by atoms with Crippen LogP contribution in [0.5, 0.6) is 11.5 Å². The molecule has 1 heterocycles. The number of nitrogens with zero attached hydrogens (tertiary/aromatic N) is 1. The number of halogens is 1. The molecule has 2 aromatic rings. The highest BCUT2D eigenvalue weighted by Crippen LogP contribution is 2.43. The van der Waals surface area contributed by atoms with Crippen LogP contribution in [-0.2, 0) is 9.59 Å². The number of rotatable bonds is 9. The summed E-state index contributed by atoms with van der Waals surface area (Å²) in [4.78, 5) is 27.5. The van der Waals surface area contributed by atoms with Gasteiger partial charge in [0.1, 0.15) is 17.3 Å². The Labute approximate surface area is 198 Å². The molecule has 7 nitrogen and oxygen atoms in total. The summed E-state index contributed by atoms with van der Waals surface area (Å²) in [6.45, 7) is 4.40. The standard InChI is InChI=1S/C25H28ClNO6/c1-4-9-27-21(16-7-5-8-17(14-16)33-11-6-10-28)20(23(30)25(27)31)22(29)18-12-15(2)13-19(26)24(18)32-3/h5,7-8,12-14,21,28-29H,4,6,9-11H2,1-3H3/b22-20+. The Morgan fingerprint density at radius 1 is 1.21 bits per heavy atom. The normalized spacial score (nSPS) is 17.5. The monoisotopic (exact) mass is 473 g/mol. The zero-order chi connectivity index (χ0) is 24.1. The second kappa shape index (κ2) is 10.7. The lowest BCUT2D eigenvalue weighted by molar-refractivity contribution is -0.139. The summed E-state index contributed by atoms with van der Waals surface area (Å²) in [6.07, 6.45) is 1.11. The van der Waals surface area contributed by atoms with Crippen molar-refractivity contribution in [2.24, 2.45) is 0 Å². The molecule has 1 atom stereocenters. The van der Waals surface area contributed by atoms with Crippen molar-refractivity contribution in [1.29, 1.82) is 0 Å². The van der Waals surface area contributed by atoms with Gasteiger partial charge >= 0.3 is 0 Å². The minimum Gasteiger partial charge on any atom is -0.507 e. The van der Waals surface area contributed by atoms with Gasteiger partial charge in [-0.1, -0.05) is 30.7 Å². The molecule has 1 saturated heterocycles. The molecule has 1 unspecified atom stereocenters. The van der Waals surface area contributed by atoms with Crippen molar-refractivity contribution in [1.82, 2.24) is 4.90 Å². The number of ketones is 1. The van der Waals surface area contributed by atoms with E-state index in [4.69, 9.17) is 26.2 Å². The third-order valence-electron chi connectivity index (χ3n) is 5.40. The predicted molar refractivity (Wildman–Crippen MR) is 126 cm³/mol. The number of carbonyl (C=O) groups is 2. The van der Waals surface area contributed by atoms with Crippen molar-refractivity contribution in [2.45, 2.75) is 32.7 Å². The molecule has 0 spiro atoms. The van der Waals surface area contributed by atoms with Crippen LogP contribution in [0.3, 0.4) is 0 Å². The second-order valence-corrected chi connectivity index (χ2v) is 8.23. The number of ether oxygens (including phenoxy) is 2. The first-order chi connectivity index (χ1) is 15.8. The summed E-state index contributed by atoms with van der Waals surface area (Å²) in [5.41, 5.74) is 1.61. The highest BCUT2D eigenvalue weighted by atomic mass is 35.5. The first-order valence-corrected chi connectivity index (χ1v) is 11.2. The summed E-state index contributed by atoms with van der Waals surface area (Å²) in [5, 5.41) is 20.6. The van der Waals surface area contributed by atoms with E-state index in [0.29, 0.717) is 37.3 Å². The van der Waals surface area contributed by atoms with Gasteiger partial charge in [-0.2, -0.15) is 0 Å². The van der Waals surface area contributed by atoms with E-state index in [2.05, 4.69) is 0 Å². The Bertz CT molecular complexity index is 1080. The molecule has 1 fully saturated rings. The Kier molecular flexibility index (Phi) is 8.00. The van der Waals surface area contributed by atoms with Crippen molar-refractivity contribution in [2.75, 3.05) is 26.9 Å². The topological polar surface area (TPSA) is 96.3 Å². The minimum atomic E-state index is -0.796. The zero-order valence-corrected chi connectivity index (χ0v) is 19.7. The molecule has 176 valence electrons. The molecule has 0 bridgehead atoms. The van der Waals surface area contributed by atoms with Crippen LogP contribution in [0.1, 0.15) is 42.5 Å². The molecule has 0 radical (unpaired) electrons. The van der Waals surface area contributed by atoms with E-state index in [0.717, 1.165) is 5.56 Å². The van der Waals surface area contributed by atoms with Crippen molar-refractivity contribution < 1.29 is 29.3 Å². The number of methoxy groups -OCH3 is 1. The molecular weight excluding hydrogens is 446 g/mol. The van der Waals surface area contributed by atoms with Crippen molar-refractivity contribution in [3.8, 4) is 11.5 Å². The maximum Gasteiger partial charge on any atom is 0.295 e. The molecule has 0 aliphatic carbocycles. The van der Waals surface area contributed by atoms with Gasteiger partial charge in [-0.3, -0.25) is 9.59 Å². The van der Waals surface area contributed by atoms with Crippen LogP contribution >= 0.6 is 11.6 Å². The summed E-state index contributed by atoms with van der Waals surface area (Å²) >= 11 is 6.31. The van der Waals surface area contributed by atoms with Gasteiger partial charge in [0.15, 0.2) is 0 Å². The third-order valence-corrected chi connectivity index (χ3v) is 5.68. The summed E-state index contributed by atoms with van der Waals surface area (Å²) in [7, 11) is 1.42. The second-order valence-electron chi connectivity index (χ2n) is 7.82. The van der Waals surface area contributed by atoms with Crippen molar-refractivity contribution >= 4 is 29.1 Å². The number of hydrogen-bond donors (Lipinski definition) is 2. The number of likely N-dealkylation sites (tertiary alicyclic amines) is 1. The number of hydrogen-bond acceptors (Lipinski definition) is 6. The predicted octanol–water partition coefficient (Wildman–Crippen LogP) is 4.25. The number of amides is 1. The Hall–Kier alpha value is -3.03. The third kappa shape index (κ3) is 4.99. The van der Waals surface area contributed by atoms with Gasteiger partial charge < -0.3 is 24.6 Å². The summed E-state index contributed by atoms with van der Waals surface area (Å²) < 4.78 is 11.1. The van der Waals surface area contributed by atoms with Crippen LogP contribution in [0, 0.1) is 6.92 Å². The Morgan fingerprint density at radius 2 is 1.97 bits per heavy atom. The summed E-state index contributed by atoms with van der Waals surface area (Å²) in [6, 6.07) is 9.61. The van der Waals surface area contributed by atoms with Crippen molar-refractivity contribution in [3.63, 3.8) is 0 Å². The maximum atomic E-state index is 13.1. The molecule has 1 amide bonds. The van der Waals surface area contributed by atoms with Crippen LogP contribution in [0.25, 0.3) is 5.76 Å². The van der Waals surface area contributed by atoms with Gasteiger partial charge in [0.25, 0.3) is 11.7 Å². The summed E-state index contributed by atoms with van der Waals surface area (Å²) in [5.74, 6) is -1.02. The molecule has 1 aliphatic rings. The fraction of sp³-hybridized carbons (Fsp3) is 0.360. The highest BCUT2D eigenvalue weighted by molar-refractivity contribution is 6.46. The fourth-order valence-corrected chi connectivity index (χ4v) is 4.34. The number of aliphatic hydroxyl groups is 2. The van der Waals surface area contributed by atoms with E-state index in [1.54, 1.807) is 36.4 Å². The lowest BCUT2D eigenvalue weighted by Crippen LogP contribution is -2.30. The van der Waals surface area contributed by atoms with Crippen LogP contribution < -0.4 is 9.47 Å². The number of carbonyl (C=O) groups excluding carboxylic acids is 2. The van der Waals surface area contributed by atoms with E-state index in [1.807, 2.05) is 13.8 Å². The van der Waals surface area contributed by atoms with Gasteiger partial charge in [-0.15, -0.1) is 0 Å². The minimum absolute atomic E-state index is 0.0112. The average molecular weight is 474 g/mol. The molecule has 2 aromatic carbocycles. The molecule has 2 N–H and O–H groups in total. The van der Waals surface area contributed by atoms with Crippen LogP contribution in [-0.4, -0.2) is 53.7 Å². The van der Waals surface area contributed by atoms with Gasteiger partial charge in [0, 0.05) is 19.6 Å². The number of aryl methyl sites for hydroxylation is 1. The van der Waals surface area contributed by atoms with E-state index < -0.39 is 17.7 Å². The molecule has 0 aromatic heterocycles. The van der Waals surface area contributed by atoms with Gasteiger partial charge in [-0.05, 0) is 48.7 Å².